The molecule has 0 aliphatic heterocycles. The van der Waals surface area contributed by atoms with Crippen molar-refractivity contribution >= 4 is 12.1 Å². The lowest BCUT2D eigenvalue weighted by molar-refractivity contribution is 0.111. The van der Waals surface area contributed by atoms with Gasteiger partial charge in [-0.1, -0.05) is 13.8 Å². The summed E-state index contributed by atoms with van der Waals surface area (Å²) in [5.41, 5.74) is 1.63. The van der Waals surface area contributed by atoms with Gasteiger partial charge in [0, 0.05) is 12.4 Å². The van der Waals surface area contributed by atoms with Gasteiger partial charge in [-0.2, -0.15) is 0 Å². The van der Waals surface area contributed by atoms with Crippen LogP contribution in [0.5, 0.6) is 0 Å². The van der Waals surface area contributed by atoms with Crippen molar-refractivity contribution in [2.75, 3.05) is 0 Å². The van der Waals surface area contributed by atoms with Crippen LogP contribution in [0.1, 0.15) is 35.8 Å². The highest BCUT2D eigenvalue weighted by Gasteiger charge is 2.05. The molecule has 2 rings (SSSR count). The fourth-order valence-corrected chi connectivity index (χ4v) is 1.29. The van der Waals surface area contributed by atoms with Gasteiger partial charge < -0.3 is 0 Å². The molecule has 0 saturated heterocycles. The molecule has 0 N–H and O–H groups in total. The number of carbonyl (C=O) groups excluding carboxylic acids is 1. The topological polar surface area (TPSA) is 47.3 Å². The lowest BCUT2D eigenvalue weighted by atomic mass is 10.1. The molecule has 2 heterocycles. The number of nitrogens with zero attached hydrogens (tertiary/aromatic N) is 3. The van der Waals surface area contributed by atoms with Gasteiger partial charge in [0.15, 0.2) is 6.29 Å². The van der Waals surface area contributed by atoms with Crippen LogP contribution in [0.4, 0.5) is 0 Å². The van der Waals surface area contributed by atoms with Crippen molar-refractivity contribution in [1.82, 2.24) is 14.4 Å². The Labute approximate surface area is 81.6 Å². The molecule has 0 atom stereocenters. The van der Waals surface area contributed by atoms with E-state index in [1.807, 2.05) is 6.20 Å². The minimum atomic E-state index is 0.397. The Morgan fingerprint density at radius 1 is 1.36 bits per heavy atom. The zero-order valence-electron chi connectivity index (χ0n) is 8.14. The molecule has 2 aromatic rings. The van der Waals surface area contributed by atoms with E-state index < -0.39 is 0 Å². The number of carbonyl (C=O) groups is 1. The number of aromatic nitrogens is 3. The van der Waals surface area contributed by atoms with Crippen molar-refractivity contribution in [2.45, 2.75) is 19.8 Å². The van der Waals surface area contributed by atoms with Gasteiger partial charge in [0.25, 0.3) is 0 Å². The first kappa shape index (κ1) is 8.87. The first-order valence-corrected chi connectivity index (χ1v) is 4.50. The maximum absolute atomic E-state index is 10.7. The molecule has 4 nitrogen and oxygen atoms in total. The number of fused-ring (bicyclic) bond motifs is 1. The van der Waals surface area contributed by atoms with E-state index in [0.717, 1.165) is 11.8 Å². The lowest BCUT2D eigenvalue weighted by Crippen LogP contribution is -1.97. The van der Waals surface area contributed by atoms with E-state index in [9.17, 15) is 4.79 Å². The molecule has 72 valence electrons. The van der Waals surface area contributed by atoms with Crippen LogP contribution < -0.4 is 0 Å². The van der Waals surface area contributed by atoms with Crippen LogP contribution in [-0.4, -0.2) is 20.7 Å². The average molecular weight is 189 g/mol. The molecule has 0 bridgehead atoms. The highest BCUT2D eigenvalue weighted by atomic mass is 16.1. The van der Waals surface area contributed by atoms with Gasteiger partial charge in [-0.05, 0) is 11.5 Å². The van der Waals surface area contributed by atoms with Crippen LogP contribution in [0.3, 0.4) is 0 Å². The van der Waals surface area contributed by atoms with Crippen molar-refractivity contribution < 1.29 is 4.79 Å². The minimum absolute atomic E-state index is 0.397. The molecule has 0 amide bonds. The molecule has 0 aromatic carbocycles. The monoisotopic (exact) mass is 189 g/mol. The van der Waals surface area contributed by atoms with Crippen LogP contribution in [0, 0.1) is 0 Å². The summed E-state index contributed by atoms with van der Waals surface area (Å²) >= 11 is 0. The van der Waals surface area contributed by atoms with Crippen LogP contribution in [0.15, 0.2) is 18.6 Å². The summed E-state index contributed by atoms with van der Waals surface area (Å²) in [4.78, 5) is 18.8. The van der Waals surface area contributed by atoms with E-state index >= 15 is 0 Å². The van der Waals surface area contributed by atoms with Crippen LogP contribution in [0.25, 0.3) is 5.78 Å². The SMILES string of the molecule is CC(C)c1cnc2ncc(C=O)n2c1. The number of aldehydes is 1. The van der Waals surface area contributed by atoms with Gasteiger partial charge in [0.05, 0.1) is 6.20 Å². The van der Waals surface area contributed by atoms with Gasteiger partial charge >= 0.3 is 0 Å². The molecule has 0 aliphatic rings. The highest BCUT2D eigenvalue weighted by Crippen LogP contribution is 2.13. The maximum Gasteiger partial charge on any atom is 0.234 e. The van der Waals surface area contributed by atoms with Crippen molar-refractivity contribution in [1.29, 1.82) is 0 Å². The molecule has 2 aromatic heterocycles. The van der Waals surface area contributed by atoms with E-state index in [1.54, 1.807) is 10.6 Å². The number of hydrogen-bond donors (Lipinski definition) is 0. The summed E-state index contributed by atoms with van der Waals surface area (Å²) in [6.07, 6.45) is 6.01. The Morgan fingerprint density at radius 2 is 2.07 bits per heavy atom. The second kappa shape index (κ2) is 3.21. The van der Waals surface area contributed by atoms with Crippen molar-refractivity contribution in [3.63, 3.8) is 0 Å². The van der Waals surface area contributed by atoms with Crippen molar-refractivity contribution in [2.24, 2.45) is 0 Å². The zero-order chi connectivity index (χ0) is 10.1. The molecular formula is C10H11N3O. The third-order valence-electron chi connectivity index (χ3n) is 2.20. The average Bonchev–Trinajstić information content (AvgIpc) is 2.59. The highest BCUT2D eigenvalue weighted by molar-refractivity contribution is 5.73. The van der Waals surface area contributed by atoms with Gasteiger partial charge in [0.2, 0.25) is 5.78 Å². The van der Waals surface area contributed by atoms with Crippen LogP contribution in [-0.2, 0) is 0 Å². The first-order valence-electron chi connectivity index (χ1n) is 4.50. The Hall–Kier alpha value is -1.71. The Morgan fingerprint density at radius 3 is 2.71 bits per heavy atom. The summed E-state index contributed by atoms with van der Waals surface area (Å²) in [6, 6.07) is 0. The quantitative estimate of drug-likeness (QED) is 0.675. The molecule has 0 fully saturated rings. The summed E-state index contributed by atoms with van der Waals surface area (Å²) in [6.45, 7) is 4.17. The molecule has 0 spiro atoms. The maximum atomic E-state index is 10.7. The minimum Gasteiger partial charge on any atom is -0.296 e. The summed E-state index contributed by atoms with van der Waals surface area (Å²) in [5.74, 6) is 0.963. The Bertz CT molecular complexity index is 473. The first-order chi connectivity index (χ1) is 6.72. The second-order valence-corrected chi connectivity index (χ2v) is 3.51. The largest absolute Gasteiger partial charge is 0.296 e. The second-order valence-electron chi connectivity index (χ2n) is 3.51. The van der Waals surface area contributed by atoms with Crippen LogP contribution in [0.2, 0.25) is 0 Å². The fraction of sp³-hybridized carbons (Fsp3) is 0.300. The molecule has 14 heavy (non-hydrogen) atoms. The molecule has 0 unspecified atom stereocenters. The van der Waals surface area contributed by atoms with E-state index in [0.29, 0.717) is 17.4 Å². The molecule has 4 heteroatoms. The van der Waals surface area contributed by atoms with E-state index in [2.05, 4.69) is 23.8 Å². The predicted octanol–water partition coefficient (Wildman–Crippen LogP) is 1.67. The standard InChI is InChI=1S/C10H11N3O/c1-7(2)8-3-11-10-12-4-9(6-14)13(10)5-8/h3-7H,1-2H3. The zero-order valence-corrected chi connectivity index (χ0v) is 8.14. The van der Waals surface area contributed by atoms with Gasteiger partial charge in [0.1, 0.15) is 5.69 Å². The number of imidazole rings is 1. The lowest BCUT2D eigenvalue weighted by Gasteiger charge is -2.04. The van der Waals surface area contributed by atoms with E-state index in [-0.39, 0.29) is 0 Å². The van der Waals surface area contributed by atoms with Gasteiger partial charge in [-0.15, -0.1) is 0 Å². The van der Waals surface area contributed by atoms with E-state index in [4.69, 9.17) is 0 Å². The smallest absolute Gasteiger partial charge is 0.234 e. The molecule has 0 saturated carbocycles. The Kier molecular flexibility index (Phi) is 2.04. The predicted molar refractivity (Wildman–Crippen MR) is 52.5 cm³/mol. The molecule has 0 radical (unpaired) electrons. The normalized spacial score (nSPS) is 11.1. The summed E-state index contributed by atoms with van der Waals surface area (Å²) in [7, 11) is 0. The number of rotatable bonds is 2. The molecule has 0 aliphatic carbocycles. The molecular weight excluding hydrogens is 178 g/mol. The van der Waals surface area contributed by atoms with E-state index in [1.165, 1.54) is 6.20 Å². The summed E-state index contributed by atoms with van der Waals surface area (Å²) < 4.78 is 1.71. The van der Waals surface area contributed by atoms with Gasteiger partial charge in [-0.3, -0.25) is 9.20 Å². The Balaban J connectivity index is 2.67. The van der Waals surface area contributed by atoms with Gasteiger partial charge in [-0.25, -0.2) is 9.97 Å². The fourth-order valence-electron chi connectivity index (χ4n) is 1.29. The summed E-state index contributed by atoms with van der Waals surface area (Å²) in [5, 5.41) is 0. The number of hydrogen-bond acceptors (Lipinski definition) is 3. The van der Waals surface area contributed by atoms with Crippen molar-refractivity contribution in [3.05, 3.63) is 29.8 Å². The third-order valence-corrected chi connectivity index (χ3v) is 2.20. The van der Waals surface area contributed by atoms with Crippen LogP contribution >= 0.6 is 0 Å². The van der Waals surface area contributed by atoms with Crippen molar-refractivity contribution in [3.8, 4) is 0 Å². The third kappa shape index (κ3) is 1.28.